The number of aryl methyl sites for hydroxylation is 1. The summed E-state index contributed by atoms with van der Waals surface area (Å²) < 4.78 is 0. The molecule has 5 nitrogen and oxygen atoms in total. The molecule has 0 aliphatic heterocycles. The van der Waals surface area contributed by atoms with Crippen molar-refractivity contribution in [2.24, 2.45) is 5.92 Å². The molecule has 0 aliphatic carbocycles. The molecular weight excluding hydrogens is 364 g/mol. The summed E-state index contributed by atoms with van der Waals surface area (Å²) in [5.41, 5.74) is 2.53. The van der Waals surface area contributed by atoms with Crippen LogP contribution in [0, 0.1) is 23.0 Å². The van der Waals surface area contributed by atoms with E-state index in [4.69, 9.17) is 11.6 Å². The number of nitrogens with one attached hydrogen (secondary N) is 1. The van der Waals surface area contributed by atoms with Gasteiger partial charge in [0.25, 0.3) is 5.69 Å². The summed E-state index contributed by atoms with van der Waals surface area (Å²) in [6.07, 6.45) is 0. The van der Waals surface area contributed by atoms with Crippen molar-refractivity contribution in [3.05, 3.63) is 74.8 Å². The van der Waals surface area contributed by atoms with E-state index in [2.05, 4.69) is 11.9 Å². The number of anilines is 1. The maximum Gasteiger partial charge on any atom is 0.273 e. The second kappa shape index (κ2) is 9.88. The summed E-state index contributed by atoms with van der Waals surface area (Å²) in [5.74, 6) is -0.404. The summed E-state index contributed by atoms with van der Waals surface area (Å²) in [7, 11) is 0. The van der Waals surface area contributed by atoms with E-state index in [0.717, 1.165) is 0 Å². The minimum Gasteiger partial charge on any atom is -0.325 e. The van der Waals surface area contributed by atoms with Crippen LogP contribution in [-0.4, -0.2) is 10.8 Å². The molecule has 0 saturated carbocycles. The first-order valence-corrected chi connectivity index (χ1v) is 9.14. The summed E-state index contributed by atoms with van der Waals surface area (Å²) in [5, 5.41) is 14.6. The molecule has 0 saturated heterocycles. The van der Waals surface area contributed by atoms with Crippen LogP contribution in [0.2, 0.25) is 5.02 Å². The van der Waals surface area contributed by atoms with Crippen molar-refractivity contribution in [3.8, 4) is 0 Å². The molecule has 144 valence electrons. The maximum absolute atomic E-state index is 12.1. The molecule has 6 heteroatoms. The maximum atomic E-state index is 12.1. The van der Waals surface area contributed by atoms with E-state index in [1.807, 2.05) is 13.8 Å². The third kappa shape index (κ3) is 5.41. The van der Waals surface area contributed by atoms with E-state index in [-0.39, 0.29) is 17.5 Å². The van der Waals surface area contributed by atoms with Crippen LogP contribution in [0.4, 0.5) is 11.4 Å². The lowest BCUT2D eigenvalue weighted by molar-refractivity contribution is -0.385. The van der Waals surface area contributed by atoms with Crippen LogP contribution in [0.1, 0.15) is 44.4 Å². The van der Waals surface area contributed by atoms with Crippen molar-refractivity contribution in [2.75, 3.05) is 5.32 Å². The summed E-state index contributed by atoms with van der Waals surface area (Å²) in [6.45, 7) is 13.2. The van der Waals surface area contributed by atoms with Crippen molar-refractivity contribution in [3.63, 3.8) is 0 Å². The number of carbonyl (C=O) groups excluding carboxylic acids is 1. The molecule has 2 rings (SSSR count). The topological polar surface area (TPSA) is 72.2 Å². The van der Waals surface area contributed by atoms with Gasteiger partial charge in [-0.05, 0) is 24.6 Å². The van der Waals surface area contributed by atoms with Gasteiger partial charge in [-0.2, -0.15) is 0 Å². The summed E-state index contributed by atoms with van der Waals surface area (Å²) in [4.78, 5) is 23.0. The fraction of sp³-hybridized carbons (Fsp3) is 0.286. The molecule has 0 bridgehead atoms. The van der Waals surface area contributed by atoms with Crippen LogP contribution >= 0.6 is 11.6 Å². The molecule has 0 unspecified atom stereocenters. The normalized spacial score (nSPS) is 10.0. The van der Waals surface area contributed by atoms with E-state index in [0.29, 0.717) is 33.0 Å². The zero-order chi connectivity index (χ0) is 20.7. The van der Waals surface area contributed by atoms with Crippen molar-refractivity contribution < 1.29 is 9.72 Å². The Balaban J connectivity index is 0.00000176. The molecule has 2 aromatic carbocycles. The predicted octanol–water partition coefficient (Wildman–Crippen LogP) is 6.24. The molecule has 2 aromatic rings. The lowest BCUT2D eigenvalue weighted by Crippen LogP contribution is -2.19. The number of nitro benzene ring substituents is 1. The highest BCUT2D eigenvalue weighted by atomic mass is 35.5. The number of nitrogens with zero attached hydrogens (tertiary/aromatic N) is 1. The number of hydrogen-bond acceptors (Lipinski definition) is 3. The second-order valence-corrected chi connectivity index (χ2v) is 6.45. The SMILES string of the molecule is C=C(c1ccccc1Cl)c1cc([N+](=O)[O-])c(C)cc1NC(=O)C(C)C.CC. The largest absolute Gasteiger partial charge is 0.325 e. The third-order valence-corrected chi connectivity index (χ3v) is 4.17. The Morgan fingerprint density at radius 1 is 1.19 bits per heavy atom. The molecule has 0 fully saturated rings. The second-order valence-electron chi connectivity index (χ2n) is 6.04. The Kier molecular flexibility index (Phi) is 8.19. The highest BCUT2D eigenvalue weighted by Crippen LogP contribution is 2.36. The van der Waals surface area contributed by atoms with Crippen LogP contribution in [0.3, 0.4) is 0 Å². The van der Waals surface area contributed by atoms with E-state index >= 15 is 0 Å². The molecule has 0 aliphatic rings. The first-order chi connectivity index (χ1) is 12.7. The monoisotopic (exact) mass is 388 g/mol. The number of carbonyl (C=O) groups is 1. The number of amides is 1. The van der Waals surface area contributed by atoms with E-state index in [1.54, 1.807) is 51.1 Å². The van der Waals surface area contributed by atoms with Crippen molar-refractivity contribution in [1.29, 1.82) is 0 Å². The van der Waals surface area contributed by atoms with E-state index in [9.17, 15) is 14.9 Å². The Morgan fingerprint density at radius 2 is 1.78 bits per heavy atom. The van der Waals surface area contributed by atoms with Crippen LogP contribution in [-0.2, 0) is 4.79 Å². The van der Waals surface area contributed by atoms with Crippen LogP contribution in [0.5, 0.6) is 0 Å². The Hall–Kier alpha value is -2.66. The van der Waals surface area contributed by atoms with Gasteiger partial charge in [0.2, 0.25) is 5.91 Å². The molecule has 1 amide bonds. The van der Waals surface area contributed by atoms with E-state index < -0.39 is 4.92 Å². The average molecular weight is 389 g/mol. The van der Waals surface area contributed by atoms with Gasteiger partial charge in [-0.15, -0.1) is 0 Å². The van der Waals surface area contributed by atoms with Gasteiger partial charge in [0, 0.05) is 39.4 Å². The van der Waals surface area contributed by atoms with Crippen molar-refractivity contribution in [1.82, 2.24) is 0 Å². The lowest BCUT2D eigenvalue weighted by atomic mass is 9.95. The molecular formula is C21H25ClN2O3. The zero-order valence-corrected chi connectivity index (χ0v) is 17.1. The van der Waals surface area contributed by atoms with Crippen LogP contribution < -0.4 is 5.32 Å². The molecule has 0 aromatic heterocycles. The molecule has 0 atom stereocenters. The van der Waals surface area contributed by atoms with Gasteiger partial charge < -0.3 is 5.32 Å². The smallest absolute Gasteiger partial charge is 0.273 e. The first kappa shape index (κ1) is 22.4. The molecule has 27 heavy (non-hydrogen) atoms. The average Bonchev–Trinajstić information content (AvgIpc) is 2.63. The highest BCUT2D eigenvalue weighted by Gasteiger charge is 2.20. The molecule has 0 heterocycles. The van der Waals surface area contributed by atoms with Crippen LogP contribution in [0.15, 0.2) is 43.0 Å². The Morgan fingerprint density at radius 3 is 2.30 bits per heavy atom. The van der Waals surface area contributed by atoms with Gasteiger partial charge in [0.05, 0.1) is 4.92 Å². The first-order valence-electron chi connectivity index (χ1n) is 8.76. The van der Waals surface area contributed by atoms with E-state index in [1.165, 1.54) is 6.07 Å². The number of rotatable bonds is 5. The van der Waals surface area contributed by atoms with Gasteiger partial charge in [-0.25, -0.2) is 0 Å². The minimum absolute atomic E-state index is 0.0363. The fourth-order valence-electron chi connectivity index (χ4n) is 2.37. The van der Waals surface area contributed by atoms with Gasteiger partial charge in [0.15, 0.2) is 0 Å². The fourth-order valence-corrected chi connectivity index (χ4v) is 2.62. The minimum atomic E-state index is -0.452. The zero-order valence-electron chi connectivity index (χ0n) is 16.3. The summed E-state index contributed by atoms with van der Waals surface area (Å²) >= 11 is 6.23. The molecule has 0 spiro atoms. The number of benzene rings is 2. The van der Waals surface area contributed by atoms with Gasteiger partial charge in [-0.3, -0.25) is 14.9 Å². The van der Waals surface area contributed by atoms with Gasteiger partial charge in [-0.1, -0.05) is 64.1 Å². The molecule has 1 N–H and O–H groups in total. The number of nitro groups is 1. The van der Waals surface area contributed by atoms with Crippen molar-refractivity contribution >= 4 is 34.5 Å². The lowest BCUT2D eigenvalue weighted by Gasteiger charge is -2.16. The van der Waals surface area contributed by atoms with Gasteiger partial charge in [0.1, 0.15) is 0 Å². The van der Waals surface area contributed by atoms with Crippen LogP contribution in [0.25, 0.3) is 5.57 Å². The number of halogens is 1. The van der Waals surface area contributed by atoms with Gasteiger partial charge >= 0.3 is 0 Å². The Bertz CT molecular complexity index is 861. The standard InChI is InChI=1S/C19H19ClN2O3.C2H6/c1-11(2)19(23)21-17-9-12(3)18(22(24)25)10-15(17)13(4)14-7-5-6-8-16(14)20;1-2/h5-11H,4H2,1-3H3,(H,21,23);1-2H3. The number of hydrogen-bond donors (Lipinski definition) is 1. The Labute approximate surface area is 165 Å². The summed E-state index contributed by atoms with van der Waals surface area (Å²) in [6, 6.07) is 10.1. The quantitative estimate of drug-likeness (QED) is 0.486. The third-order valence-electron chi connectivity index (χ3n) is 3.84. The predicted molar refractivity (Wildman–Crippen MR) is 112 cm³/mol. The van der Waals surface area contributed by atoms with Crippen molar-refractivity contribution in [2.45, 2.75) is 34.6 Å². The highest BCUT2D eigenvalue weighted by molar-refractivity contribution is 6.32. The molecule has 0 radical (unpaired) electrons.